The molecule has 2 N–H and O–H groups in total. The van der Waals surface area contributed by atoms with Gasteiger partial charge in [-0.1, -0.05) is 6.07 Å². The molecule has 1 aromatic carbocycles. The Kier molecular flexibility index (Phi) is 3.88. The van der Waals surface area contributed by atoms with E-state index in [1.54, 1.807) is 20.2 Å². The Morgan fingerprint density at radius 1 is 1.29 bits per heavy atom. The molecule has 21 heavy (non-hydrogen) atoms. The molecular weight excluding hydrogens is 285 g/mol. The summed E-state index contributed by atoms with van der Waals surface area (Å²) in [6.07, 6.45) is -2.85. The summed E-state index contributed by atoms with van der Waals surface area (Å²) in [6.45, 7) is 1.71. The highest BCUT2D eigenvalue weighted by atomic mass is 19.4. The van der Waals surface area contributed by atoms with Crippen molar-refractivity contribution in [3.8, 4) is 0 Å². The molecule has 0 unspecified atom stereocenters. The van der Waals surface area contributed by atoms with Crippen molar-refractivity contribution in [2.45, 2.75) is 13.1 Å². The molecule has 0 spiro atoms. The van der Waals surface area contributed by atoms with Gasteiger partial charge in [-0.3, -0.25) is 4.68 Å². The van der Waals surface area contributed by atoms with Crippen molar-refractivity contribution in [1.82, 2.24) is 9.78 Å². The second-order valence-electron chi connectivity index (χ2n) is 4.46. The number of benzene rings is 1. The van der Waals surface area contributed by atoms with Crippen LogP contribution in [0.3, 0.4) is 0 Å². The molecule has 0 aliphatic carbocycles. The first-order chi connectivity index (χ1) is 9.75. The maximum atomic E-state index is 12.6. The zero-order valence-electron chi connectivity index (χ0n) is 11.3. The van der Waals surface area contributed by atoms with Gasteiger partial charge in [0.25, 0.3) is 0 Å². The van der Waals surface area contributed by atoms with Crippen LogP contribution in [0.2, 0.25) is 0 Å². The number of carbonyl (C=O) groups is 1. The fraction of sp³-hybridized carbons (Fsp3) is 0.231. The van der Waals surface area contributed by atoms with Crippen LogP contribution < -0.4 is 10.6 Å². The number of alkyl halides is 3. The Hall–Kier alpha value is -2.51. The van der Waals surface area contributed by atoms with Crippen LogP contribution in [0, 0.1) is 6.92 Å². The van der Waals surface area contributed by atoms with E-state index in [0.717, 1.165) is 12.1 Å². The van der Waals surface area contributed by atoms with E-state index >= 15 is 0 Å². The third kappa shape index (κ3) is 3.74. The van der Waals surface area contributed by atoms with Crippen molar-refractivity contribution in [2.75, 3.05) is 10.6 Å². The zero-order valence-corrected chi connectivity index (χ0v) is 11.3. The van der Waals surface area contributed by atoms with E-state index in [2.05, 4.69) is 15.7 Å². The summed E-state index contributed by atoms with van der Waals surface area (Å²) in [7, 11) is 1.70. The smallest absolute Gasteiger partial charge is 0.308 e. The highest BCUT2D eigenvalue weighted by molar-refractivity contribution is 6.00. The minimum Gasteiger partial charge on any atom is -0.308 e. The van der Waals surface area contributed by atoms with Gasteiger partial charge in [0, 0.05) is 18.9 Å². The predicted molar refractivity (Wildman–Crippen MR) is 72.0 cm³/mol. The van der Waals surface area contributed by atoms with Crippen LogP contribution in [0.1, 0.15) is 11.3 Å². The number of carbonyl (C=O) groups excluding carboxylic acids is 1. The average Bonchev–Trinajstić information content (AvgIpc) is 2.67. The van der Waals surface area contributed by atoms with Gasteiger partial charge in [0.05, 0.1) is 16.9 Å². The Morgan fingerprint density at radius 2 is 2.00 bits per heavy atom. The molecule has 1 aromatic heterocycles. The Balaban J connectivity index is 2.08. The molecule has 2 aromatic rings. The van der Waals surface area contributed by atoms with E-state index in [-0.39, 0.29) is 5.69 Å². The predicted octanol–water partition coefficient (Wildman–Crippen LogP) is 3.39. The minimum atomic E-state index is -4.45. The number of rotatable bonds is 2. The highest BCUT2D eigenvalue weighted by Gasteiger charge is 2.30. The Labute approximate surface area is 118 Å². The standard InChI is InChI=1S/C13H13F3N4O/c1-8-11(7-20(2)19-8)18-12(21)17-10-5-3-4-9(6-10)13(14,15)16/h3-7H,1-2H3,(H2,17,18,21). The van der Waals surface area contributed by atoms with Gasteiger partial charge in [-0.15, -0.1) is 0 Å². The third-order valence-corrected chi connectivity index (χ3v) is 2.71. The average molecular weight is 298 g/mol. The summed E-state index contributed by atoms with van der Waals surface area (Å²) in [6, 6.07) is 3.79. The lowest BCUT2D eigenvalue weighted by atomic mass is 10.2. The van der Waals surface area contributed by atoms with Gasteiger partial charge < -0.3 is 10.6 Å². The summed E-state index contributed by atoms with van der Waals surface area (Å²) >= 11 is 0. The fourth-order valence-electron chi connectivity index (χ4n) is 1.78. The van der Waals surface area contributed by atoms with Gasteiger partial charge in [0.1, 0.15) is 0 Å². The quantitative estimate of drug-likeness (QED) is 0.892. The summed E-state index contributed by atoms with van der Waals surface area (Å²) < 4.78 is 39.2. The van der Waals surface area contributed by atoms with Gasteiger partial charge in [-0.05, 0) is 25.1 Å². The summed E-state index contributed by atoms with van der Waals surface area (Å²) in [5.74, 6) is 0. The molecule has 5 nitrogen and oxygen atoms in total. The largest absolute Gasteiger partial charge is 0.416 e. The maximum absolute atomic E-state index is 12.6. The Bertz CT molecular complexity index is 664. The highest BCUT2D eigenvalue weighted by Crippen LogP contribution is 2.30. The van der Waals surface area contributed by atoms with Crippen LogP contribution in [-0.4, -0.2) is 15.8 Å². The molecule has 0 aliphatic heterocycles. The topological polar surface area (TPSA) is 59.0 Å². The number of amides is 2. The third-order valence-electron chi connectivity index (χ3n) is 2.71. The molecule has 0 bridgehead atoms. The van der Waals surface area contributed by atoms with Gasteiger partial charge in [-0.25, -0.2) is 4.79 Å². The molecule has 0 fully saturated rings. The molecule has 1 heterocycles. The van der Waals surface area contributed by atoms with Crippen LogP contribution in [0.25, 0.3) is 0 Å². The second kappa shape index (κ2) is 5.47. The number of hydrogen-bond acceptors (Lipinski definition) is 2. The molecule has 0 aliphatic rings. The molecule has 0 saturated carbocycles. The van der Waals surface area contributed by atoms with Gasteiger partial charge >= 0.3 is 12.2 Å². The number of halogens is 3. The fourth-order valence-corrected chi connectivity index (χ4v) is 1.78. The van der Waals surface area contributed by atoms with E-state index in [1.165, 1.54) is 16.8 Å². The van der Waals surface area contributed by atoms with Crippen LogP contribution in [-0.2, 0) is 13.2 Å². The number of aromatic nitrogens is 2. The van der Waals surface area contributed by atoms with Crippen LogP contribution in [0.15, 0.2) is 30.5 Å². The van der Waals surface area contributed by atoms with Gasteiger partial charge in [0.15, 0.2) is 0 Å². The van der Waals surface area contributed by atoms with Gasteiger partial charge in [0.2, 0.25) is 0 Å². The van der Waals surface area contributed by atoms with E-state index in [1.807, 2.05) is 0 Å². The zero-order chi connectivity index (χ0) is 15.6. The number of anilines is 2. The monoisotopic (exact) mass is 298 g/mol. The van der Waals surface area contributed by atoms with E-state index in [4.69, 9.17) is 0 Å². The molecule has 0 saturated heterocycles. The summed E-state index contributed by atoms with van der Waals surface area (Å²) in [5.41, 5.74) is 0.334. The van der Waals surface area contributed by atoms with Gasteiger partial charge in [-0.2, -0.15) is 18.3 Å². The summed E-state index contributed by atoms with van der Waals surface area (Å²) in [5, 5.41) is 8.92. The van der Waals surface area contributed by atoms with Crippen LogP contribution >= 0.6 is 0 Å². The maximum Gasteiger partial charge on any atom is 0.416 e. The van der Waals surface area contributed by atoms with Crippen LogP contribution in [0.5, 0.6) is 0 Å². The normalized spacial score (nSPS) is 11.3. The second-order valence-corrected chi connectivity index (χ2v) is 4.46. The van der Waals surface area contributed by atoms with E-state index in [9.17, 15) is 18.0 Å². The summed E-state index contributed by atoms with van der Waals surface area (Å²) in [4.78, 5) is 11.8. The molecule has 0 atom stereocenters. The van der Waals surface area contributed by atoms with Crippen molar-refractivity contribution < 1.29 is 18.0 Å². The molecule has 112 valence electrons. The van der Waals surface area contributed by atoms with Crippen molar-refractivity contribution in [3.05, 3.63) is 41.7 Å². The van der Waals surface area contributed by atoms with E-state index in [0.29, 0.717) is 11.4 Å². The van der Waals surface area contributed by atoms with Crippen molar-refractivity contribution in [3.63, 3.8) is 0 Å². The lowest BCUT2D eigenvalue weighted by Crippen LogP contribution is -2.20. The Morgan fingerprint density at radius 3 is 2.57 bits per heavy atom. The minimum absolute atomic E-state index is 0.0591. The number of aryl methyl sites for hydroxylation is 2. The number of nitrogens with zero attached hydrogens (tertiary/aromatic N) is 2. The first-order valence-corrected chi connectivity index (χ1v) is 6.01. The van der Waals surface area contributed by atoms with Crippen molar-refractivity contribution in [1.29, 1.82) is 0 Å². The van der Waals surface area contributed by atoms with Crippen LogP contribution in [0.4, 0.5) is 29.3 Å². The number of hydrogen-bond donors (Lipinski definition) is 2. The molecular formula is C13H13F3N4O. The number of nitrogens with one attached hydrogen (secondary N) is 2. The lowest BCUT2D eigenvalue weighted by Gasteiger charge is -2.10. The SMILES string of the molecule is Cc1nn(C)cc1NC(=O)Nc1cccc(C(F)(F)F)c1. The molecule has 0 radical (unpaired) electrons. The van der Waals surface area contributed by atoms with Crippen molar-refractivity contribution >= 4 is 17.4 Å². The molecule has 8 heteroatoms. The van der Waals surface area contributed by atoms with Crippen molar-refractivity contribution in [2.24, 2.45) is 7.05 Å². The lowest BCUT2D eigenvalue weighted by molar-refractivity contribution is -0.137. The molecule has 2 amide bonds. The number of urea groups is 1. The first-order valence-electron chi connectivity index (χ1n) is 6.01. The molecule has 2 rings (SSSR count). The first kappa shape index (κ1) is 14.9. The van der Waals surface area contributed by atoms with E-state index < -0.39 is 17.8 Å².